The van der Waals surface area contributed by atoms with Crippen LogP contribution in [0, 0.1) is 0 Å². The summed E-state index contributed by atoms with van der Waals surface area (Å²) in [6.07, 6.45) is 7.39. The van der Waals surface area contributed by atoms with Crippen LogP contribution in [0.2, 0.25) is 0 Å². The Hall–Kier alpha value is -1.18. The number of pyridine rings is 1. The number of rotatable bonds is 7. The molecule has 0 aromatic carbocycles. The molecule has 0 saturated carbocycles. The average molecular weight is 219 g/mol. The summed E-state index contributed by atoms with van der Waals surface area (Å²) in [5.74, 6) is 0.310. The number of nitrogens with zero attached hydrogens (tertiary/aromatic N) is 1. The first kappa shape index (κ1) is 12.9. The fourth-order valence-corrected chi connectivity index (χ4v) is 1.63. The van der Waals surface area contributed by atoms with Gasteiger partial charge in [0.15, 0.2) is 0 Å². The molecule has 0 bridgehead atoms. The van der Waals surface area contributed by atoms with Crippen LogP contribution in [0.25, 0.3) is 0 Å². The lowest BCUT2D eigenvalue weighted by Gasteiger charge is -2.01. The van der Waals surface area contributed by atoms with Crippen LogP contribution in [-0.2, 0) is 17.6 Å². The zero-order valence-electron chi connectivity index (χ0n) is 10.3. The minimum Gasteiger partial charge on any atom is -0.299 e. The molecule has 0 fully saturated rings. The van der Waals surface area contributed by atoms with Crippen molar-refractivity contribution in [1.82, 2.24) is 4.98 Å². The number of carbonyl (C=O) groups excluding carboxylic acids is 1. The van der Waals surface area contributed by atoms with Gasteiger partial charge in [-0.1, -0.05) is 32.8 Å². The molecule has 0 unspecified atom stereocenters. The normalized spacial score (nSPS) is 10.4. The number of carbonyl (C=O) groups is 1. The van der Waals surface area contributed by atoms with E-state index in [1.807, 2.05) is 12.3 Å². The average Bonchev–Trinajstić information content (AvgIpc) is 2.30. The first-order valence-electron chi connectivity index (χ1n) is 6.21. The van der Waals surface area contributed by atoms with Gasteiger partial charge in [0, 0.05) is 24.7 Å². The summed E-state index contributed by atoms with van der Waals surface area (Å²) in [7, 11) is 0. The molecule has 1 aromatic heterocycles. The second-order valence-electron chi connectivity index (χ2n) is 4.18. The van der Waals surface area contributed by atoms with Crippen LogP contribution in [0.4, 0.5) is 0 Å². The van der Waals surface area contributed by atoms with E-state index >= 15 is 0 Å². The van der Waals surface area contributed by atoms with E-state index in [0.717, 1.165) is 31.4 Å². The highest BCUT2D eigenvalue weighted by atomic mass is 16.1. The number of hydrogen-bond donors (Lipinski definition) is 0. The summed E-state index contributed by atoms with van der Waals surface area (Å²) in [5.41, 5.74) is 2.13. The van der Waals surface area contributed by atoms with Crippen LogP contribution in [0.15, 0.2) is 18.3 Å². The number of Topliss-reactive ketones (excluding diaryl/α,β-unsaturated/α-hetero) is 1. The topological polar surface area (TPSA) is 30.0 Å². The third kappa shape index (κ3) is 4.56. The smallest absolute Gasteiger partial charge is 0.138 e. The van der Waals surface area contributed by atoms with Gasteiger partial charge in [-0.05, 0) is 24.5 Å². The van der Waals surface area contributed by atoms with Crippen molar-refractivity contribution in [3.8, 4) is 0 Å². The molecule has 0 aliphatic heterocycles. The van der Waals surface area contributed by atoms with Crippen molar-refractivity contribution in [3.05, 3.63) is 29.6 Å². The second-order valence-corrected chi connectivity index (χ2v) is 4.18. The molecule has 2 nitrogen and oxygen atoms in total. The summed E-state index contributed by atoms with van der Waals surface area (Å²) in [5, 5.41) is 0. The van der Waals surface area contributed by atoms with Crippen LogP contribution in [0.1, 0.15) is 50.8 Å². The van der Waals surface area contributed by atoms with Gasteiger partial charge in [-0.3, -0.25) is 9.78 Å². The van der Waals surface area contributed by atoms with Gasteiger partial charge in [0.1, 0.15) is 5.78 Å². The molecule has 1 heterocycles. The maximum absolute atomic E-state index is 11.6. The molecule has 0 aliphatic carbocycles. The van der Waals surface area contributed by atoms with E-state index in [9.17, 15) is 4.79 Å². The number of ketones is 1. The van der Waals surface area contributed by atoms with Gasteiger partial charge in [0.25, 0.3) is 0 Å². The van der Waals surface area contributed by atoms with Gasteiger partial charge in [0.05, 0.1) is 0 Å². The summed E-state index contributed by atoms with van der Waals surface area (Å²) in [6, 6.07) is 4.03. The number of aryl methyl sites for hydroxylation is 1. The molecule has 2 heteroatoms. The van der Waals surface area contributed by atoms with Crippen molar-refractivity contribution in [2.24, 2.45) is 0 Å². The lowest BCUT2D eigenvalue weighted by molar-refractivity contribution is -0.118. The predicted molar refractivity (Wildman–Crippen MR) is 66.5 cm³/mol. The van der Waals surface area contributed by atoms with Crippen LogP contribution in [0.5, 0.6) is 0 Å². The fraction of sp³-hybridized carbons (Fsp3) is 0.571. The van der Waals surface area contributed by atoms with Gasteiger partial charge in [-0.2, -0.15) is 0 Å². The van der Waals surface area contributed by atoms with E-state index < -0.39 is 0 Å². The van der Waals surface area contributed by atoms with Crippen molar-refractivity contribution in [2.45, 2.75) is 52.4 Å². The largest absolute Gasteiger partial charge is 0.299 e. The van der Waals surface area contributed by atoms with Crippen LogP contribution in [0.3, 0.4) is 0 Å². The molecule has 88 valence electrons. The van der Waals surface area contributed by atoms with Crippen molar-refractivity contribution >= 4 is 5.78 Å². The molecule has 0 atom stereocenters. The maximum Gasteiger partial charge on any atom is 0.138 e. The molecule has 16 heavy (non-hydrogen) atoms. The summed E-state index contributed by atoms with van der Waals surface area (Å²) in [6.45, 7) is 4.25. The molecule has 1 aromatic rings. The maximum atomic E-state index is 11.6. The zero-order chi connectivity index (χ0) is 11.8. The lowest BCUT2D eigenvalue weighted by Crippen LogP contribution is -2.04. The van der Waals surface area contributed by atoms with E-state index in [2.05, 4.69) is 24.9 Å². The Morgan fingerprint density at radius 1 is 1.25 bits per heavy atom. The first-order chi connectivity index (χ1) is 7.76. The highest BCUT2D eigenvalue weighted by molar-refractivity contribution is 5.80. The Balaban J connectivity index is 2.37. The van der Waals surface area contributed by atoms with Crippen LogP contribution in [-0.4, -0.2) is 10.8 Å². The molecule has 0 aliphatic rings. The highest BCUT2D eigenvalue weighted by Crippen LogP contribution is 2.06. The second kappa shape index (κ2) is 7.15. The van der Waals surface area contributed by atoms with E-state index in [1.54, 1.807) is 0 Å². The van der Waals surface area contributed by atoms with Gasteiger partial charge in [0.2, 0.25) is 0 Å². The van der Waals surface area contributed by atoms with Crippen molar-refractivity contribution in [3.63, 3.8) is 0 Å². The van der Waals surface area contributed by atoms with E-state index in [-0.39, 0.29) is 0 Å². The molecule has 1 rings (SSSR count). The van der Waals surface area contributed by atoms with Crippen molar-refractivity contribution in [2.75, 3.05) is 0 Å². The lowest BCUT2D eigenvalue weighted by atomic mass is 10.1. The van der Waals surface area contributed by atoms with Gasteiger partial charge in [-0.25, -0.2) is 0 Å². The van der Waals surface area contributed by atoms with E-state index in [0.29, 0.717) is 18.6 Å². The zero-order valence-corrected chi connectivity index (χ0v) is 10.3. The van der Waals surface area contributed by atoms with Crippen LogP contribution >= 0.6 is 0 Å². The molecule has 0 N–H and O–H groups in total. The van der Waals surface area contributed by atoms with Gasteiger partial charge < -0.3 is 0 Å². The molecular weight excluding hydrogens is 198 g/mol. The minimum absolute atomic E-state index is 0.310. The molecule has 0 spiro atoms. The Morgan fingerprint density at radius 3 is 2.62 bits per heavy atom. The monoisotopic (exact) mass is 219 g/mol. The van der Waals surface area contributed by atoms with Crippen molar-refractivity contribution < 1.29 is 4.79 Å². The number of unbranched alkanes of at least 4 members (excludes halogenated alkanes) is 2. The minimum atomic E-state index is 0.310. The van der Waals surface area contributed by atoms with Crippen LogP contribution < -0.4 is 0 Å². The Bertz CT molecular complexity index is 316. The Morgan fingerprint density at radius 2 is 2.06 bits per heavy atom. The summed E-state index contributed by atoms with van der Waals surface area (Å²) < 4.78 is 0. The number of aromatic nitrogens is 1. The molecule has 0 amide bonds. The molecule has 0 radical (unpaired) electrons. The van der Waals surface area contributed by atoms with E-state index in [1.165, 1.54) is 5.56 Å². The van der Waals surface area contributed by atoms with Crippen molar-refractivity contribution in [1.29, 1.82) is 0 Å². The Kier molecular flexibility index (Phi) is 5.76. The van der Waals surface area contributed by atoms with E-state index in [4.69, 9.17) is 0 Å². The molecular formula is C14H21NO. The predicted octanol–water partition coefficient (Wildman–Crippen LogP) is 3.34. The number of hydrogen-bond acceptors (Lipinski definition) is 2. The van der Waals surface area contributed by atoms with Gasteiger partial charge in [-0.15, -0.1) is 0 Å². The summed E-state index contributed by atoms with van der Waals surface area (Å²) in [4.78, 5) is 15.9. The highest BCUT2D eigenvalue weighted by Gasteiger charge is 2.04. The van der Waals surface area contributed by atoms with Gasteiger partial charge >= 0.3 is 0 Å². The third-order valence-corrected chi connectivity index (χ3v) is 2.73. The summed E-state index contributed by atoms with van der Waals surface area (Å²) >= 11 is 0. The first-order valence-corrected chi connectivity index (χ1v) is 6.21. The Labute approximate surface area is 98.1 Å². The SMILES string of the molecule is CCCCCC(=O)Cc1ccc(CC)cn1. The third-order valence-electron chi connectivity index (χ3n) is 2.73. The standard InChI is InChI=1S/C14H21NO/c1-3-5-6-7-14(16)10-13-9-8-12(4-2)11-15-13/h8-9,11H,3-7,10H2,1-2H3. The fourth-order valence-electron chi connectivity index (χ4n) is 1.63. The molecule has 0 saturated heterocycles. The quantitative estimate of drug-likeness (QED) is 0.658.